The van der Waals surface area contributed by atoms with Crippen LogP contribution in [0.5, 0.6) is 0 Å². The maximum absolute atomic E-state index is 8.32. The third-order valence-electron chi connectivity index (χ3n) is 1.11. The molecule has 1 rings (SSSR count). The van der Waals surface area contributed by atoms with Crippen LogP contribution >= 0.6 is 0 Å². The molecule has 0 amide bonds. The Morgan fingerprint density at radius 3 is 3.00 bits per heavy atom. The Labute approximate surface area is 50.9 Å². The highest BCUT2D eigenvalue weighted by atomic mass is 28.2. The maximum Gasteiger partial charge on any atom is 0.276 e. The fourth-order valence-electron chi connectivity index (χ4n) is 0.676. The predicted molar refractivity (Wildman–Crippen MR) is 31.4 cm³/mol. The monoisotopic (exact) mass is 128 g/mol. The van der Waals surface area contributed by atoms with Crippen molar-refractivity contribution < 1.29 is 4.43 Å². The van der Waals surface area contributed by atoms with Gasteiger partial charge >= 0.3 is 0 Å². The van der Waals surface area contributed by atoms with Crippen LogP contribution in [-0.4, -0.2) is 27.6 Å². The van der Waals surface area contributed by atoms with Crippen LogP contribution in [0.15, 0.2) is 0 Å². The highest BCUT2D eigenvalue weighted by Crippen LogP contribution is 1.94. The molecule has 0 aliphatic carbocycles. The van der Waals surface area contributed by atoms with Crippen molar-refractivity contribution in [3.05, 3.63) is 0 Å². The molecule has 1 fully saturated rings. The minimum absolute atomic E-state index is 0.605. The predicted octanol–water partition coefficient (Wildman–Crippen LogP) is -0.811. The number of rotatable bonds is 0. The van der Waals surface area contributed by atoms with Crippen LogP contribution in [0.3, 0.4) is 0 Å². The largest absolute Gasteiger partial charge is 0.403 e. The zero-order chi connectivity index (χ0) is 5.82. The molecule has 4 heteroatoms. The van der Waals surface area contributed by atoms with Gasteiger partial charge in [0.25, 0.3) is 9.92 Å². The molecule has 1 heterocycles. The zero-order valence-corrected chi connectivity index (χ0v) is 6.05. The molecule has 0 radical (unpaired) electrons. The topological polar surface area (TPSA) is 36.3 Å². The molecule has 0 N–H and O–H groups in total. The lowest BCUT2D eigenvalue weighted by molar-refractivity contribution is 0.253. The van der Waals surface area contributed by atoms with Crippen LogP contribution in [0, 0.1) is 11.5 Å². The van der Waals surface area contributed by atoms with Crippen LogP contribution in [-0.2, 0) is 4.43 Å². The van der Waals surface area contributed by atoms with E-state index in [-0.39, 0.29) is 0 Å². The van der Waals surface area contributed by atoms with Gasteiger partial charge in [-0.25, -0.2) is 0 Å². The average Bonchev–Trinajstić information content (AvgIpc) is 1.90. The molecular weight excluding hydrogens is 120 g/mol. The van der Waals surface area contributed by atoms with Gasteiger partial charge in [0.05, 0.1) is 0 Å². The van der Waals surface area contributed by atoms with Crippen molar-refractivity contribution in [3.63, 3.8) is 0 Å². The first-order valence-corrected chi connectivity index (χ1v) is 3.87. The molecule has 44 valence electrons. The lowest BCUT2D eigenvalue weighted by Gasteiger charge is -2.19. The molecular formula is C4H8N2OSi. The molecule has 0 saturated carbocycles. The third kappa shape index (κ3) is 1.22. The van der Waals surface area contributed by atoms with Crippen molar-refractivity contribution in [1.82, 2.24) is 4.57 Å². The van der Waals surface area contributed by atoms with E-state index < -0.39 is 9.92 Å². The quantitative estimate of drug-likeness (QED) is 0.316. The van der Waals surface area contributed by atoms with Crippen molar-refractivity contribution in [2.45, 2.75) is 6.42 Å². The van der Waals surface area contributed by atoms with Crippen molar-refractivity contribution in [1.29, 1.82) is 5.26 Å². The number of nitrogens with zero attached hydrogens (tertiary/aromatic N) is 2. The van der Waals surface area contributed by atoms with Gasteiger partial charge in [0.2, 0.25) is 0 Å². The Bertz CT molecular complexity index is 105. The molecule has 8 heavy (non-hydrogen) atoms. The molecule has 0 bridgehead atoms. The average molecular weight is 128 g/mol. The van der Waals surface area contributed by atoms with E-state index in [0.29, 0.717) is 0 Å². The summed E-state index contributed by atoms with van der Waals surface area (Å²) < 4.78 is 6.85. The second-order valence-corrected chi connectivity index (χ2v) is 3.18. The lowest BCUT2D eigenvalue weighted by Crippen LogP contribution is -2.31. The Morgan fingerprint density at radius 2 is 2.62 bits per heavy atom. The highest BCUT2D eigenvalue weighted by Gasteiger charge is 2.06. The van der Waals surface area contributed by atoms with E-state index in [9.17, 15) is 0 Å². The van der Waals surface area contributed by atoms with Crippen molar-refractivity contribution in [3.8, 4) is 6.19 Å². The van der Waals surface area contributed by atoms with Gasteiger partial charge in [-0.15, -0.1) is 0 Å². The molecule has 0 spiro atoms. The molecule has 3 nitrogen and oxygen atoms in total. The summed E-state index contributed by atoms with van der Waals surface area (Å²) >= 11 is 0. The van der Waals surface area contributed by atoms with Gasteiger partial charge in [-0.05, 0) is 6.42 Å². The van der Waals surface area contributed by atoms with Gasteiger partial charge in [0, 0.05) is 13.2 Å². The zero-order valence-electron chi connectivity index (χ0n) is 4.63. The van der Waals surface area contributed by atoms with Crippen LogP contribution in [0.1, 0.15) is 6.42 Å². The molecule has 1 aliphatic heterocycles. The Kier molecular flexibility index (Phi) is 1.89. The molecule has 0 aromatic heterocycles. The van der Waals surface area contributed by atoms with E-state index in [1.54, 1.807) is 4.57 Å². The fourth-order valence-corrected chi connectivity index (χ4v) is 1.64. The van der Waals surface area contributed by atoms with Crippen LogP contribution < -0.4 is 0 Å². The Morgan fingerprint density at radius 1 is 1.75 bits per heavy atom. The summed E-state index contributed by atoms with van der Waals surface area (Å²) in [5.41, 5.74) is 0. The summed E-state index contributed by atoms with van der Waals surface area (Å²) in [6.07, 6.45) is 3.09. The molecule has 1 aliphatic rings. The summed E-state index contributed by atoms with van der Waals surface area (Å²) in [5.74, 6) is 0. The Hall–Kier alpha value is -0.533. The summed E-state index contributed by atoms with van der Waals surface area (Å²) in [4.78, 5) is 0. The van der Waals surface area contributed by atoms with E-state index in [4.69, 9.17) is 9.69 Å². The first-order chi connectivity index (χ1) is 3.93. The second kappa shape index (κ2) is 2.70. The highest BCUT2D eigenvalue weighted by molar-refractivity contribution is 6.24. The van der Waals surface area contributed by atoms with E-state index in [1.165, 1.54) is 0 Å². The number of nitriles is 1. The van der Waals surface area contributed by atoms with Crippen molar-refractivity contribution in [2.75, 3.05) is 13.2 Å². The molecule has 0 aromatic rings. The van der Waals surface area contributed by atoms with E-state index in [2.05, 4.69) is 6.19 Å². The van der Waals surface area contributed by atoms with Gasteiger partial charge in [-0.1, -0.05) is 0 Å². The van der Waals surface area contributed by atoms with Crippen LogP contribution in [0.2, 0.25) is 0 Å². The summed E-state index contributed by atoms with van der Waals surface area (Å²) in [5, 5.41) is 8.32. The number of hydrogen-bond donors (Lipinski definition) is 0. The third-order valence-corrected chi connectivity index (χ3v) is 2.35. The van der Waals surface area contributed by atoms with Gasteiger partial charge in [0.15, 0.2) is 6.19 Å². The number of hydrogen-bond acceptors (Lipinski definition) is 3. The lowest BCUT2D eigenvalue weighted by atomic mass is 10.5. The Balaban J connectivity index is 2.25. The molecule has 0 atom stereocenters. The van der Waals surface area contributed by atoms with E-state index >= 15 is 0 Å². The first-order valence-electron chi connectivity index (χ1n) is 2.66. The summed E-state index contributed by atoms with van der Waals surface area (Å²) in [7, 11) is -0.605. The smallest absolute Gasteiger partial charge is 0.276 e. The SMILES string of the molecule is N#CN1CCCO[SiH2]1. The van der Waals surface area contributed by atoms with Gasteiger partial charge in [-0.3, -0.25) is 0 Å². The van der Waals surface area contributed by atoms with Gasteiger partial charge in [0.1, 0.15) is 0 Å². The second-order valence-electron chi connectivity index (χ2n) is 1.75. The minimum Gasteiger partial charge on any atom is -0.403 e. The molecule has 0 unspecified atom stereocenters. The van der Waals surface area contributed by atoms with E-state index in [0.717, 1.165) is 19.6 Å². The van der Waals surface area contributed by atoms with Gasteiger partial charge in [-0.2, -0.15) is 5.26 Å². The van der Waals surface area contributed by atoms with Crippen molar-refractivity contribution in [2.24, 2.45) is 0 Å². The first kappa shape index (κ1) is 5.60. The molecule has 0 aromatic carbocycles. The van der Waals surface area contributed by atoms with Crippen molar-refractivity contribution >= 4 is 9.92 Å². The summed E-state index contributed by atoms with van der Waals surface area (Å²) in [6.45, 7) is 1.78. The van der Waals surface area contributed by atoms with Gasteiger partial charge < -0.3 is 8.99 Å². The normalized spacial score (nSPS) is 23.1. The fraction of sp³-hybridized carbons (Fsp3) is 0.750. The van der Waals surface area contributed by atoms with Crippen LogP contribution in [0.4, 0.5) is 0 Å². The standard InChI is InChI=1S/C4H8N2OSi/c5-4-6-2-1-3-7-8-6/h1-3,8H2. The van der Waals surface area contributed by atoms with Crippen LogP contribution in [0.25, 0.3) is 0 Å². The molecule has 1 saturated heterocycles. The van der Waals surface area contributed by atoms with E-state index in [1.807, 2.05) is 0 Å². The maximum atomic E-state index is 8.32. The minimum atomic E-state index is -0.605. The summed E-state index contributed by atoms with van der Waals surface area (Å²) in [6, 6.07) is 0.